The molecule has 0 aliphatic carbocycles. The standard InChI is InChI=1S/C20H11BrCl2N4OS/c21-13-4-2-1-3-12(13)19-24-25-20-27(19)26-16(10-29-20)18-8-7-17(28-18)11-5-6-14(22)15(23)9-11/h1-9H,10H2. The average molecular weight is 506 g/mol. The quantitative estimate of drug-likeness (QED) is 0.313. The summed E-state index contributed by atoms with van der Waals surface area (Å²) in [7, 11) is 0. The van der Waals surface area contributed by atoms with Gasteiger partial charge in [-0.05, 0) is 42.5 Å². The number of halogens is 3. The molecule has 9 heteroatoms. The zero-order chi connectivity index (χ0) is 20.0. The molecular weight excluding hydrogens is 495 g/mol. The molecule has 0 N–H and O–H groups in total. The molecule has 0 saturated heterocycles. The molecule has 3 heterocycles. The fourth-order valence-electron chi connectivity index (χ4n) is 2.96. The van der Waals surface area contributed by atoms with Crippen molar-refractivity contribution in [3.05, 3.63) is 74.9 Å². The van der Waals surface area contributed by atoms with Crippen LogP contribution < -0.4 is 0 Å². The Morgan fingerprint density at radius 3 is 2.62 bits per heavy atom. The van der Waals surface area contributed by atoms with Crippen molar-refractivity contribution in [3.8, 4) is 22.7 Å². The van der Waals surface area contributed by atoms with Crippen molar-refractivity contribution in [1.82, 2.24) is 14.9 Å². The second-order valence-corrected chi connectivity index (χ2v) is 8.84. The first-order valence-electron chi connectivity index (χ1n) is 8.57. The van der Waals surface area contributed by atoms with Crippen LogP contribution in [-0.2, 0) is 0 Å². The summed E-state index contributed by atoms with van der Waals surface area (Å²) in [6, 6.07) is 17.1. The summed E-state index contributed by atoms with van der Waals surface area (Å²) in [4.78, 5) is 0. The largest absolute Gasteiger partial charge is 0.455 e. The third-order valence-electron chi connectivity index (χ3n) is 4.38. The summed E-state index contributed by atoms with van der Waals surface area (Å²) in [5, 5.41) is 15.1. The molecule has 0 unspecified atom stereocenters. The Hall–Kier alpha value is -2.06. The minimum Gasteiger partial charge on any atom is -0.455 e. The predicted molar refractivity (Wildman–Crippen MR) is 120 cm³/mol. The number of rotatable bonds is 3. The summed E-state index contributed by atoms with van der Waals surface area (Å²) < 4.78 is 8.74. The molecule has 0 fully saturated rings. The van der Waals surface area contributed by atoms with Gasteiger partial charge in [0.25, 0.3) is 0 Å². The van der Waals surface area contributed by atoms with Gasteiger partial charge in [0.05, 0.1) is 10.0 Å². The van der Waals surface area contributed by atoms with Gasteiger partial charge >= 0.3 is 0 Å². The number of thioether (sulfide) groups is 1. The van der Waals surface area contributed by atoms with Crippen molar-refractivity contribution in [2.45, 2.75) is 5.16 Å². The molecule has 5 rings (SSSR count). The van der Waals surface area contributed by atoms with E-state index in [9.17, 15) is 0 Å². The van der Waals surface area contributed by atoms with Gasteiger partial charge < -0.3 is 4.42 Å². The number of aromatic nitrogens is 3. The number of benzene rings is 2. The zero-order valence-corrected chi connectivity index (χ0v) is 18.6. The average Bonchev–Trinajstić information content (AvgIpc) is 3.37. The SMILES string of the molecule is Clc1ccc(-c2ccc(C3=Nn4c(nnc4-c4ccccc4Br)SC3)o2)cc1Cl. The molecule has 0 bridgehead atoms. The van der Waals surface area contributed by atoms with Gasteiger partial charge in [-0.3, -0.25) is 0 Å². The molecule has 0 saturated carbocycles. The van der Waals surface area contributed by atoms with E-state index in [1.807, 2.05) is 42.5 Å². The minimum absolute atomic E-state index is 0.486. The van der Waals surface area contributed by atoms with Crippen molar-refractivity contribution in [2.75, 3.05) is 5.75 Å². The first-order chi connectivity index (χ1) is 14.1. The Kier molecular flexibility index (Phi) is 4.99. The Morgan fingerprint density at radius 1 is 0.966 bits per heavy atom. The van der Waals surface area contributed by atoms with E-state index in [4.69, 9.17) is 32.7 Å². The maximum Gasteiger partial charge on any atom is 0.212 e. The van der Waals surface area contributed by atoms with Crippen molar-refractivity contribution in [1.29, 1.82) is 0 Å². The van der Waals surface area contributed by atoms with Crippen LogP contribution in [0.5, 0.6) is 0 Å². The molecule has 0 spiro atoms. The predicted octanol–water partition coefficient (Wildman–Crippen LogP) is 6.63. The van der Waals surface area contributed by atoms with Gasteiger partial charge in [-0.1, -0.05) is 63.0 Å². The number of hydrogen-bond donors (Lipinski definition) is 0. The highest BCUT2D eigenvalue weighted by Crippen LogP contribution is 2.33. The highest BCUT2D eigenvalue weighted by atomic mass is 79.9. The van der Waals surface area contributed by atoms with Crippen LogP contribution in [0, 0.1) is 0 Å². The Bertz CT molecular complexity index is 1270. The molecule has 29 heavy (non-hydrogen) atoms. The number of fused-ring (bicyclic) bond motifs is 1. The Morgan fingerprint density at radius 2 is 1.79 bits per heavy atom. The summed E-state index contributed by atoms with van der Waals surface area (Å²) in [6.07, 6.45) is 0. The van der Waals surface area contributed by atoms with Crippen LogP contribution >= 0.6 is 50.9 Å². The van der Waals surface area contributed by atoms with E-state index < -0.39 is 0 Å². The van der Waals surface area contributed by atoms with E-state index in [1.165, 1.54) is 0 Å². The van der Waals surface area contributed by atoms with Crippen molar-refractivity contribution >= 4 is 56.6 Å². The zero-order valence-electron chi connectivity index (χ0n) is 14.6. The molecular formula is C20H11BrCl2N4OS. The molecule has 1 aliphatic heterocycles. The summed E-state index contributed by atoms with van der Waals surface area (Å²) in [5.41, 5.74) is 2.59. The van der Waals surface area contributed by atoms with Crippen LogP contribution in [-0.4, -0.2) is 26.3 Å². The Balaban J connectivity index is 1.53. The lowest BCUT2D eigenvalue weighted by atomic mass is 10.2. The number of hydrogen-bond acceptors (Lipinski definition) is 5. The Labute approximate surface area is 188 Å². The first kappa shape index (κ1) is 18.9. The molecule has 2 aromatic carbocycles. The first-order valence-corrected chi connectivity index (χ1v) is 11.1. The molecule has 0 atom stereocenters. The van der Waals surface area contributed by atoms with Gasteiger partial charge in [-0.25, -0.2) is 0 Å². The van der Waals surface area contributed by atoms with Gasteiger partial charge in [0.15, 0.2) is 11.6 Å². The van der Waals surface area contributed by atoms with Crippen LogP contribution in [0.4, 0.5) is 0 Å². The lowest BCUT2D eigenvalue weighted by Crippen LogP contribution is -2.13. The van der Waals surface area contributed by atoms with E-state index in [0.29, 0.717) is 33.1 Å². The molecule has 0 amide bonds. The molecule has 1 aliphatic rings. The highest BCUT2D eigenvalue weighted by molar-refractivity contribution is 9.10. The second kappa shape index (κ2) is 7.65. The number of furan rings is 1. The van der Waals surface area contributed by atoms with Gasteiger partial charge in [-0.15, -0.1) is 10.2 Å². The lowest BCUT2D eigenvalue weighted by Gasteiger charge is -2.12. The van der Waals surface area contributed by atoms with Crippen molar-refractivity contribution in [3.63, 3.8) is 0 Å². The van der Waals surface area contributed by atoms with Crippen LogP contribution in [0.25, 0.3) is 22.7 Å². The molecule has 2 aromatic heterocycles. The third kappa shape index (κ3) is 3.53. The van der Waals surface area contributed by atoms with E-state index in [0.717, 1.165) is 26.5 Å². The van der Waals surface area contributed by atoms with Crippen LogP contribution in [0.1, 0.15) is 5.76 Å². The molecule has 144 valence electrons. The lowest BCUT2D eigenvalue weighted by molar-refractivity contribution is 0.570. The minimum atomic E-state index is 0.486. The maximum absolute atomic E-state index is 6.13. The van der Waals surface area contributed by atoms with Gasteiger partial charge in [0.2, 0.25) is 5.16 Å². The molecule has 5 nitrogen and oxygen atoms in total. The van der Waals surface area contributed by atoms with E-state index in [1.54, 1.807) is 28.6 Å². The topological polar surface area (TPSA) is 56.2 Å². The summed E-state index contributed by atoms with van der Waals surface area (Å²) in [6.45, 7) is 0. The van der Waals surface area contributed by atoms with Crippen molar-refractivity contribution in [2.24, 2.45) is 5.10 Å². The van der Waals surface area contributed by atoms with Gasteiger partial charge in [-0.2, -0.15) is 9.78 Å². The van der Waals surface area contributed by atoms with Crippen LogP contribution in [0.15, 0.2) is 73.7 Å². The van der Waals surface area contributed by atoms with E-state index >= 15 is 0 Å². The third-order valence-corrected chi connectivity index (χ3v) is 6.74. The smallest absolute Gasteiger partial charge is 0.212 e. The second-order valence-electron chi connectivity index (χ2n) is 6.23. The molecule has 0 radical (unpaired) electrons. The normalized spacial score (nSPS) is 13.3. The molecule has 4 aromatic rings. The summed E-state index contributed by atoms with van der Waals surface area (Å²) in [5.74, 6) is 2.71. The monoisotopic (exact) mass is 504 g/mol. The van der Waals surface area contributed by atoms with Crippen LogP contribution in [0.3, 0.4) is 0 Å². The van der Waals surface area contributed by atoms with Crippen LogP contribution in [0.2, 0.25) is 10.0 Å². The highest BCUT2D eigenvalue weighted by Gasteiger charge is 2.23. The van der Waals surface area contributed by atoms with Gasteiger partial charge in [0.1, 0.15) is 11.5 Å². The summed E-state index contributed by atoms with van der Waals surface area (Å²) >= 11 is 17.3. The van der Waals surface area contributed by atoms with Gasteiger partial charge in [0, 0.05) is 21.4 Å². The van der Waals surface area contributed by atoms with Crippen molar-refractivity contribution < 1.29 is 4.42 Å². The maximum atomic E-state index is 6.13. The fraction of sp³-hybridized carbons (Fsp3) is 0.0500. The van der Waals surface area contributed by atoms with E-state index in [-0.39, 0.29) is 0 Å². The fourth-order valence-corrected chi connectivity index (χ4v) is 4.53. The van der Waals surface area contributed by atoms with E-state index in [2.05, 4.69) is 26.1 Å². The number of nitrogens with zero attached hydrogens (tertiary/aromatic N) is 4.